The summed E-state index contributed by atoms with van der Waals surface area (Å²) in [5.41, 5.74) is 1.42. The van der Waals surface area contributed by atoms with E-state index in [-0.39, 0.29) is 0 Å². The van der Waals surface area contributed by atoms with Crippen LogP contribution in [0.2, 0.25) is 0 Å². The van der Waals surface area contributed by atoms with Gasteiger partial charge in [-0.25, -0.2) is 0 Å². The molecule has 4 heteroatoms. The number of ether oxygens (including phenoxy) is 1. The number of aromatic nitrogens is 1. The summed E-state index contributed by atoms with van der Waals surface area (Å²) in [6.07, 6.45) is 2.95. The molecule has 0 spiro atoms. The van der Waals surface area contributed by atoms with Crippen LogP contribution in [0, 0.1) is 6.92 Å². The van der Waals surface area contributed by atoms with Crippen LogP contribution >= 0.6 is 0 Å². The number of nitrogens with one attached hydrogen (secondary N) is 1. The molecule has 2 N–H and O–H groups in total. The molecule has 0 radical (unpaired) electrons. The topological polar surface area (TPSA) is 54.4 Å². The third-order valence-corrected chi connectivity index (χ3v) is 3.26. The van der Waals surface area contributed by atoms with Crippen LogP contribution in [0.3, 0.4) is 0 Å². The molecule has 4 nitrogen and oxygen atoms in total. The number of methoxy groups -OCH3 is 1. The van der Waals surface area contributed by atoms with Crippen molar-refractivity contribution >= 4 is 0 Å². The first-order valence-electron chi connectivity index (χ1n) is 6.06. The van der Waals surface area contributed by atoms with E-state index in [0.29, 0.717) is 13.1 Å². The van der Waals surface area contributed by atoms with Crippen LogP contribution in [0.15, 0.2) is 12.1 Å². The van der Waals surface area contributed by atoms with Crippen molar-refractivity contribution in [3.63, 3.8) is 0 Å². The van der Waals surface area contributed by atoms with Crippen LogP contribution < -0.4 is 10.1 Å². The molecule has 0 aliphatic heterocycles. The third-order valence-electron chi connectivity index (χ3n) is 3.26. The normalized spacial score (nSPS) is 17.6. The van der Waals surface area contributed by atoms with E-state index in [9.17, 15) is 5.11 Å². The maximum atomic E-state index is 9.94. The summed E-state index contributed by atoms with van der Waals surface area (Å²) in [7, 11) is 1.66. The molecule has 1 saturated carbocycles. The number of aryl methyl sites for hydroxylation is 1. The van der Waals surface area contributed by atoms with Gasteiger partial charge in [0.05, 0.1) is 18.4 Å². The number of nitrogens with zero attached hydrogens (tertiary/aromatic N) is 1. The SMILES string of the molecule is COc1cc(C)nc(CNCC2(O)CCC2)c1. The molecule has 1 fully saturated rings. The van der Waals surface area contributed by atoms with Crippen molar-refractivity contribution in [3.8, 4) is 5.75 Å². The Morgan fingerprint density at radius 3 is 2.82 bits per heavy atom. The smallest absolute Gasteiger partial charge is 0.122 e. The van der Waals surface area contributed by atoms with Gasteiger partial charge in [-0.2, -0.15) is 0 Å². The minimum atomic E-state index is -0.478. The molecule has 0 unspecified atom stereocenters. The zero-order valence-electron chi connectivity index (χ0n) is 10.5. The Morgan fingerprint density at radius 1 is 1.47 bits per heavy atom. The van der Waals surface area contributed by atoms with Gasteiger partial charge in [0, 0.05) is 30.9 Å². The van der Waals surface area contributed by atoms with E-state index in [0.717, 1.165) is 36.4 Å². The van der Waals surface area contributed by atoms with E-state index in [1.54, 1.807) is 7.11 Å². The Hall–Kier alpha value is -1.13. The van der Waals surface area contributed by atoms with Gasteiger partial charge < -0.3 is 15.2 Å². The fourth-order valence-electron chi connectivity index (χ4n) is 2.10. The Morgan fingerprint density at radius 2 is 2.24 bits per heavy atom. The highest BCUT2D eigenvalue weighted by molar-refractivity contribution is 5.26. The zero-order chi connectivity index (χ0) is 12.3. The van der Waals surface area contributed by atoms with E-state index < -0.39 is 5.60 Å². The summed E-state index contributed by atoms with van der Waals surface area (Å²) in [6.45, 7) is 3.26. The molecule has 0 atom stereocenters. The second-order valence-electron chi connectivity index (χ2n) is 4.82. The number of hydrogen-bond donors (Lipinski definition) is 2. The summed E-state index contributed by atoms with van der Waals surface area (Å²) in [6, 6.07) is 3.83. The van der Waals surface area contributed by atoms with E-state index in [1.807, 2.05) is 19.1 Å². The minimum absolute atomic E-state index is 0.478. The van der Waals surface area contributed by atoms with Crippen molar-refractivity contribution in [1.29, 1.82) is 0 Å². The molecule has 0 bridgehead atoms. The second-order valence-corrected chi connectivity index (χ2v) is 4.82. The van der Waals surface area contributed by atoms with Gasteiger partial charge in [-0.05, 0) is 26.2 Å². The zero-order valence-corrected chi connectivity index (χ0v) is 10.5. The Labute approximate surface area is 102 Å². The monoisotopic (exact) mass is 236 g/mol. The summed E-state index contributed by atoms with van der Waals surface area (Å²) in [4.78, 5) is 4.42. The molecule has 1 heterocycles. The predicted octanol–water partition coefficient (Wildman–Crippen LogP) is 1.40. The first-order valence-corrected chi connectivity index (χ1v) is 6.06. The lowest BCUT2D eigenvalue weighted by Gasteiger charge is -2.36. The average molecular weight is 236 g/mol. The average Bonchev–Trinajstić information content (AvgIpc) is 2.26. The maximum absolute atomic E-state index is 9.94. The molecule has 0 amide bonds. The van der Waals surface area contributed by atoms with Gasteiger partial charge in [0.15, 0.2) is 0 Å². The molecule has 1 aliphatic carbocycles. The molecular formula is C13H20N2O2. The number of hydrogen-bond acceptors (Lipinski definition) is 4. The van der Waals surface area contributed by atoms with E-state index >= 15 is 0 Å². The first-order chi connectivity index (χ1) is 8.11. The van der Waals surface area contributed by atoms with Crippen LogP contribution in [0.5, 0.6) is 5.75 Å². The van der Waals surface area contributed by atoms with Crippen LogP contribution in [0.4, 0.5) is 0 Å². The van der Waals surface area contributed by atoms with Crippen LogP contribution in [-0.2, 0) is 6.54 Å². The van der Waals surface area contributed by atoms with Crippen LogP contribution in [0.25, 0.3) is 0 Å². The lowest BCUT2D eigenvalue weighted by Crippen LogP contribution is -2.46. The Balaban J connectivity index is 1.87. The molecule has 1 aromatic heterocycles. The molecular weight excluding hydrogens is 216 g/mol. The maximum Gasteiger partial charge on any atom is 0.122 e. The van der Waals surface area contributed by atoms with Gasteiger partial charge in [-0.1, -0.05) is 0 Å². The highest BCUT2D eigenvalue weighted by Crippen LogP contribution is 2.30. The van der Waals surface area contributed by atoms with E-state index in [2.05, 4.69) is 10.3 Å². The van der Waals surface area contributed by atoms with Crippen molar-refractivity contribution in [1.82, 2.24) is 10.3 Å². The largest absolute Gasteiger partial charge is 0.497 e. The van der Waals surface area contributed by atoms with Gasteiger partial charge in [0.1, 0.15) is 5.75 Å². The van der Waals surface area contributed by atoms with Crippen molar-refractivity contribution in [2.24, 2.45) is 0 Å². The summed E-state index contributed by atoms with van der Waals surface area (Å²) >= 11 is 0. The van der Waals surface area contributed by atoms with Gasteiger partial charge in [-0.3, -0.25) is 4.98 Å². The van der Waals surface area contributed by atoms with Gasteiger partial charge in [0.2, 0.25) is 0 Å². The summed E-state index contributed by atoms with van der Waals surface area (Å²) in [5, 5.41) is 13.2. The van der Waals surface area contributed by atoms with Crippen molar-refractivity contribution in [2.75, 3.05) is 13.7 Å². The molecule has 1 aromatic rings. The van der Waals surface area contributed by atoms with Crippen molar-refractivity contribution in [2.45, 2.75) is 38.3 Å². The fraction of sp³-hybridized carbons (Fsp3) is 0.615. The summed E-state index contributed by atoms with van der Waals surface area (Å²) < 4.78 is 5.20. The van der Waals surface area contributed by atoms with E-state index in [4.69, 9.17) is 4.74 Å². The van der Waals surface area contributed by atoms with Gasteiger partial charge in [0.25, 0.3) is 0 Å². The Kier molecular flexibility index (Phi) is 3.64. The third kappa shape index (κ3) is 3.17. The highest BCUT2D eigenvalue weighted by atomic mass is 16.5. The molecule has 0 saturated heterocycles. The molecule has 0 aromatic carbocycles. The predicted molar refractivity (Wildman–Crippen MR) is 66.0 cm³/mol. The molecule has 17 heavy (non-hydrogen) atoms. The molecule has 94 valence electrons. The first kappa shape index (κ1) is 12.3. The highest BCUT2D eigenvalue weighted by Gasteiger charge is 2.33. The number of pyridine rings is 1. The number of rotatable bonds is 5. The molecule has 2 rings (SSSR count). The second kappa shape index (κ2) is 5.02. The molecule has 1 aliphatic rings. The lowest BCUT2D eigenvalue weighted by atomic mass is 9.80. The van der Waals surface area contributed by atoms with Crippen LogP contribution in [0.1, 0.15) is 30.7 Å². The van der Waals surface area contributed by atoms with E-state index in [1.165, 1.54) is 0 Å². The lowest BCUT2D eigenvalue weighted by molar-refractivity contribution is -0.0315. The fourth-order valence-corrected chi connectivity index (χ4v) is 2.10. The van der Waals surface area contributed by atoms with Crippen molar-refractivity contribution < 1.29 is 9.84 Å². The quantitative estimate of drug-likeness (QED) is 0.811. The summed E-state index contributed by atoms with van der Waals surface area (Å²) in [5.74, 6) is 0.830. The minimum Gasteiger partial charge on any atom is -0.497 e. The standard InChI is InChI=1S/C13H20N2O2/c1-10-6-12(17-2)7-11(15-10)8-14-9-13(16)4-3-5-13/h6-7,14,16H,3-5,8-9H2,1-2H3. The van der Waals surface area contributed by atoms with Gasteiger partial charge >= 0.3 is 0 Å². The Bertz CT molecular complexity index is 389. The number of aliphatic hydroxyl groups is 1. The van der Waals surface area contributed by atoms with Gasteiger partial charge in [-0.15, -0.1) is 0 Å². The van der Waals surface area contributed by atoms with Crippen molar-refractivity contribution in [3.05, 3.63) is 23.5 Å². The van der Waals surface area contributed by atoms with Crippen LogP contribution in [-0.4, -0.2) is 29.3 Å².